The summed E-state index contributed by atoms with van der Waals surface area (Å²) in [6, 6.07) is 18.3. The summed E-state index contributed by atoms with van der Waals surface area (Å²) in [5.41, 5.74) is 4.34. The fourth-order valence-electron chi connectivity index (χ4n) is 2.55. The van der Waals surface area contributed by atoms with Crippen LogP contribution < -0.4 is 0 Å². The molecule has 0 aliphatic heterocycles. The van der Waals surface area contributed by atoms with Crippen molar-refractivity contribution in [2.75, 3.05) is 6.61 Å². The maximum absolute atomic E-state index is 5.77. The number of benzene rings is 2. The molecule has 2 aromatic carbocycles. The van der Waals surface area contributed by atoms with E-state index in [0.29, 0.717) is 12.5 Å². The molecule has 0 aliphatic carbocycles. The molecule has 0 N–H and O–H groups in total. The van der Waals surface area contributed by atoms with E-state index in [4.69, 9.17) is 4.74 Å². The van der Waals surface area contributed by atoms with Crippen LogP contribution in [0.25, 0.3) is 16.9 Å². The topological polar surface area (TPSA) is 39.9 Å². The first kappa shape index (κ1) is 16.0. The summed E-state index contributed by atoms with van der Waals surface area (Å²) >= 11 is 0. The Kier molecular flexibility index (Phi) is 5.06. The molecule has 24 heavy (non-hydrogen) atoms. The van der Waals surface area contributed by atoms with Gasteiger partial charge < -0.3 is 4.74 Å². The number of hydrogen-bond acceptors (Lipinski definition) is 3. The Labute approximate surface area is 142 Å². The normalized spacial score (nSPS) is 12.6. The number of rotatable bonds is 6. The second kappa shape index (κ2) is 7.59. The second-order valence-corrected chi connectivity index (χ2v) is 5.60. The quantitative estimate of drug-likeness (QED) is 0.497. The highest BCUT2D eigenvalue weighted by Crippen LogP contribution is 2.16. The van der Waals surface area contributed by atoms with Gasteiger partial charge in [0.05, 0.1) is 12.1 Å². The van der Waals surface area contributed by atoms with Gasteiger partial charge in [0.2, 0.25) is 5.88 Å². The van der Waals surface area contributed by atoms with E-state index >= 15 is 0 Å². The Balaban J connectivity index is 1.87. The Morgan fingerprint density at radius 3 is 2.58 bits per heavy atom. The summed E-state index contributed by atoms with van der Waals surface area (Å²) in [4.78, 5) is 0. The highest BCUT2D eigenvalue weighted by atomic mass is 16.5. The number of fused-ring (bicyclic) bond motifs is 1. The van der Waals surface area contributed by atoms with Crippen molar-refractivity contribution in [3.63, 3.8) is 0 Å². The van der Waals surface area contributed by atoms with Gasteiger partial charge in [-0.15, -0.1) is 5.10 Å². The van der Waals surface area contributed by atoms with Crippen molar-refractivity contribution in [3.8, 4) is 0 Å². The Hall–Kier alpha value is -2.88. The molecular formula is C20H21N3O. The van der Waals surface area contributed by atoms with Crippen LogP contribution in [0.4, 0.5) is 0 Å². The molecule has 0 amide bonds. The summed E-state index contributed by atoms with van der Waals surface area (Å²) in [6.07, 6.45) is 4.95. The molecule has 0 unspecified atom stereocenters. The van der Waals surface area contributed by atoms with Crippen molar-refractivity contribution in [3.05, 3.63) is 77.9 Å². The first-order valence-corrected chi connectivity index (χ1v) is 8.13. The van der Waals surface area contributed by atoms with Crippen molar-refractivity contribution in [1.82, 2.24) is 15.0 Å². The van der Waals surface area contributed by atoms with Crippen molar-refractivity contribution in [1.29, 1.82) is 0 Å². The van der Waals surface area contributed by atoms with Crippen molar-refractivity contribution in [2.45, 2.75) is 20.3 Å². The fraction of sp³-hybridized carbons (Fsp3) is 0.200. The molecule has 0 spiro atoms. The van der Waals surface area contributed by atoms with Crippen LogP contribution in [0, 0.1) is 0 Å². The van der Waals surface area contributed by atoms with Gasteiger partial charge in [-0.05, 0) is 38.0 Å². The minimum atomic E-state index is 0.575. The maximum atomic E-state index is 5.77. The van der Waals surface area contributed by atoms with E-state index < -0.39 is 0 Å². The monoisotopic (exact) mass is 319 g/mol. The van der Waals surface area contributed by atoms with Crippen LogP contribution in [-0.4, -0.2) is 21.6 Å². The van der Waals surface area contributed by atoms with E-state index in [0.717, 1.165) is 17.5 Å². The molecule has 0 fully saturated rings. The lowest BCUT2D eigenvalue weighted by molar-refractivity contribution is 0.273. The number of para-hydroxylation sites is 1. The molecule has 4 nitrogen and oxygen atoms in total. The molecule has 1 heterocycles. The molecular weight excluding hydrogens is 298 g/mol. The van der Waals surface area contributed by atoms with Crippen LogP contribution >= 0.6 is 0 Å². The van der Waals surface area contributed by atoms with E-state index in [1.54, 1.807) is 4.68 Å². The SMILES string of the molecule is CCO/C(=C\C=C(/C)Cc1ccccc1)n1nnc2ccccc21. The summed E-state index contributed by atoms with van der Waals surface area (Å²) in [6.45, 7) is 4.66. The number of ether oxygens (including phenoxy) is 1. The van der Waals surface area contributed by atoms with Gasteiger partial charge in [-0.3, -0.25) is 0 Å². The largest absolute Gasteiger partial charge is 0.478 e. The third kappa shape index (κ3) is 3.71. The third-order valence-electron chi connectivity index (χ3n) is 3.69. The van der Waals surface area contributed by atoms with Crippen molar-refractivity contribution >= 4 is 16.9 Å². The van der Waals surface area contributed by atoms with Gasteiger partial charge in [0, 0.05) is 6.08 Å². The molecule has 0 bridgehead atoms. The maximum Gasteiger partial charge on any atom is 0.216 e. The van der Waals surface area contributed by atoms with Crippen LogP contribution in [0.2, 0.25) is 0 Å². The number of allylic oxidation sites excluding steroid dienone is 3. The fourth-order valence-corrected chi connectivity index (χ4v) is 2.55. The molecule has 0 aliphatic rings. The lowest BCUT2D eigenvalue weighted by atomic mass is 10.1. The average molecular weight is 319 g/mol. The predicted molar refractivity (Wildman–Crippen MR) is 97.3 cm³/mol. The molecule has 1 aromatic heterocycles. The van der Waals surface area contributed by atoms with E-state index in [2.05, 4.69) is 47.6 Å². The first-order chi connectivity index (χ1) is 11.8. The highest BCUT2D eigenvalue weighted by Gasteiger charge is 2.08. The summed E-state index contributed by atoms with van der Waals surface area (Å²) in [7, 11) is 0. The van der Waals surface area contributed by atoms with Gasteiger partial charge in [-0.25, -0.2) is 0 Å². The zero-order valence-corrected chi connectivity index (χ0v) is 14.0. The standard InChI is InChI=1S/C20H21N3O/c1-3-24-20(23-19-12-8-7-11-18(19)21-22-23)14-13-16(2)15-17-9-5-4-6-10-17/h4-14H,3,15H2,1-2H3/b16-13+,20-14-. The van der Waals surface area contributed by atoms with Gasteiger partial charge in [-0.1, -0.05) is 59.3 Å². The Bertz CT molecular complexity index is 863. The lowest BCUT2D eigenvalue weighted by Crippen LogP contribution is -2.03. The van der Waals surface area contributed by atoms with Crippen LogP contribution in [0.15, 0.2) is 72.3 Å². The smallest absolute Gasteiger partial charge is 0.216 e. The molecule has 0 saturated carbocycles. The van der Waals surface area contributed by atoms with E-state index in [1.165, 1.54) is 11.1 Å². The summed E-state index contributed by atoms with van der Waals surface area (Å²) in [5, 5.41) is 8.41. The first-order valence-electron chi connectivity index (χ1n) is 8.13. The summed E-state index contributed by atoms with van der Waals surface area (Å²) < 4.78 is 7.51. The molecule has 3 rings (SSSR count). The molecule has 4 heteroatoms. The van der Waals surface area contributed by atoms with E-state index in [1.807, 2.05) is 43.3 Å². The molecule has 3 aromatic rings. The lowest BCUT2D eigenvalue weighted by Gasteiger charge is -2.08. The summed E-state index contributed by atoms with van der Waals surface area (Å²) in [5.74, 6) is 0.679. The highest BCUT2D eigenvalue weighted by molar-refractivity contribution is 5.77. The molecule has 0 radical (unpaired) electrons. The van der Waals surface area contributed by atoms with Gasteiger partial charge >= 0.3 is 0 Å². The van der Waals surface area contributed by atoms with Gasteiger partial charge in [0.25, 0.3) is 0 Å². The second-order valence-electron chi connectivity index (χ2n) is 5.60. The number of nitrogens with zero attached hydrogens (tertiary/aromatic N) is 3. The Morgan fingerprint density at radius 1 is 1.04 bits per heavy atom. The minimum absolute atomic E-state index is 0.575. The van der Waals surface area contributed by atoms with Gasteiger partial charge in [-0.2, -0.15) is 4.68 Å². The Morgan fingerprint density at radius 2 is 1.79 bits per heavy atom. The van der Waals surface area contributed by atoms with Crippen molar-refractivity contribution in [2.24, 2.45) is 0 Å². The van der Waals surface area contributed by atoms with Crippen LogP contribution in [0.5, 0.6) is 0 Å². The number of aromatic nitrogens is 3. The van der Waals surface area contributed by atoms with Crippen LogP contribution in [0.3, 0.4) is 0 Å². The molecule has 122 valence electrons. The van der Waals surface area contributed by atoms with E-state index in [9.17, 15) is 0 Å². The van der Waals surface area contributed by atoms with Crippen LogP contribution in [-0.2, 0) is 11.2 Å². The number of hydrogen-bond donors (Lipinski definition) is 0. The zero-order valence-electron chi connectivity index (χ0n) is 14.0. The zero-order chi connectivity index (χ0) is 16.8. The minimum Gasteiger partial charge on any atom is -0.478 e. The third-order valence-corrected chi connectivity index (χ3v) is 3.69. The van der Waals surface area contributed by atoms with Crippen LogP contribution in [0.1, 0.15) is 19.4 Å². The van der Waals surface area contributed by atoms with Crippen molar-refractivity contribution < 1.29 is 4.74 Å². The average Bonchev–Trinajstić information content (AvgIpc) is 3.03. The molecule has 0 saturated heterocycles. The van der Waals surface area contributed by atoms with E-state index in [-0.39, 0.29) is 0 Å². The van der Waals surface area contributed by atoms with Gasteiger partial charge in [0.15, 0.2) is 0 Å². The predicted octanol–water partition coefficient (Wildman–Crippen LogP) is 4.46. The van der Waals surface area contributed by atoms with Gasteiger partial charge in [0.1, 0.15) is 5.52 Å². The molecule has 0 atom stereocenters.